The molecule has 0 spiro atoms. The molecule has 27 heavy (non-hydrogen) atoms. The Bertz CT molecular complexity index is 1010. The molecule has 0 bridgehead atoms. The molecule has 8 heteroatoms. The Morgan fingerprint density at radius 1 is 1.19 bits per heavy atom. The number of ketones is 2. The van der Waals surface area contributed by atoms with Crippen LogP contribution in [0.4, 0.5) is 0 Å². The molecule has 3 heterocycles. The minimum absolute atomic E-state index is 0.0455. The summed E-state index contributed by atoms with van der Waals surface area (Å²) in [6.45, 7) is 6.95. The van der Waals surface area contributed by atoms with E-state index in [1.54, 1.807) is 19.3 Å². The molecule has 0 saturated carbocycles. The monoisotopic (exact) mass is 383 g/mol. The van der Waals surface area contributed by atoms with Crippen molar-refractivity contribution in [2.24, 2.45) is 7.05 Å². The molecule has 3 aromatic rings. The molecule has 0 saturated heterocycles. The molecule has 7 nitrogen and oxygen atoms in total. The van der Waals surface area contributed by atoms with Crippen molar-refractivity contribution in [3.05, 3.63) is 47.0 Å². The van der Waals surface area contributed by atoms with Crippen LogP contribution in [0.5, 0.6) is 0 Å². The minimum Gasteiger partial charge on any atom is -0.355 e. The van der Waals surface area contributed by atoms with E-state index in [0.717, 1.165) is 11.3 Å². The van der Waals surface area contributed by atoms with Gasteiger partial charge in [-0.05, 0) is 45.4 Å². The van der Waals surface area contributed by atoms with Gasteiger partial charge in [0, 0.05) is 36.3 Å². The third kappa shape index (κ3) is 3.57. The van der Waals surface area contributed by atoms with Gasteiger partial charge in [0.15, 0.2) is 22.5 Å². The highest BCUT2D eigenvalue weighted by Crippen LogP contribution is 2.28. The normalized spacial score (nSPS) is 12.2. The molecule has 0 amide bonds. The number of hydrogen-bond donors (Lipinski definition) is 1. The molecular formula is C19H21N5O2S. The molecule has 0 unspecified atom stereocenters. The average molecular weight is 383 g/mol. The highest BCUT2D eigenvalue weighted by Gasteiger charge is 2.25. The van der Waals surface area contributed by atoms with Crippen molar-refractivity contribution in [2.75, 3.05) is 0 Å². The van der Waals surface area contributed by atoms with Crippen LogP contribution in [-0.2, 0) is 7.05 Å². The highest BCUT2D eigenvalue weighted by molar-refractivity contribution is 8.00. The summed E-state index contributed by atoms with van der Waals surface area (Å²) >= 11 is 1.34. The number of aromatic nitrogens is 5. The fraction of sp³-hybridized carbons (Fsp3) is 0.316. The topological polar surface area (TPSA) is 93.5 Å². The summed E-state index contributed by atoms with van der Waals surface area (Å²) in [5, 5.41) is 8.72. The zero-order valence-electron chi connectivity index (χ0n) is 15.9. The van der Waals surface area contributed by atoms with Crippen molar-refractivity contribution in [2.45, 2.75) is 38.1 Å². The summed E-state index contributed by atoms with van der Waals surface area (Å²) in [4.78, 5) is 31.8. The average Bonchev–Trinajstić information content (AvgIpc) is 3.14. The second-order valence-corrected chi connectivity index (χ2v) is 7.71. The lowest BCUT2D eigenvalue weighted by atomic mass is 10.0. The number of aryl methyl sites for hydroxylation is 1. The molecule has 3 aromatic heterocycles. The number of carbonyl (C=O) groups excluding carboxylic acids is 2. The van der Waals surface area contributed by atoms with Crippen molar-refractivity contribution >= 4 is 23.3 Å². The number of H-pyrrole nitrogens is 1. The predicted molar refractivity (Wildman–Crippen MR) is 104 cm³/mol. The molecule has 0 fully saturated rings. The molecule has 1 atom stereocenters. The maximum atomic E-state index is 12.9. The number of pyridine rings is 1. The van der Waals surface area contributed by atoms with Crippen LogP contribution < -0.4 is 0 Å². The summed E-state index contributed by atoms with van der Waals surface area (Å²) in [5.74, 6) is 0.600. The second kappa shape index (κ2) is 7.48. The van der Waals surface area contributed by atoms with E-state index >= 15 is 0 Å². The van der Waals surface area contributed by atoms with Gasteiger partial charge in [-0.1, -0.05) is 11.8 Å². The van der Waals surface area contributed by atoms with Crippen LogP contribution in [-0.4, -0.2) is 41.5 Å². The Balaban J connectivity index is 1.83. The number of hydrogen-bond acceptors (Lipinski definition) is 6. The van der Waals surface area contributed by atoms with Gasteiger partial charge in [0.25, 0.3) is 0 Å². The number of nitrogens with zero attached hydrogens (tertiary/aromatic N) is 4. The molecule has 0 aliphatic carbocycles. The quantitative estimate of drug-likeness (QED) is 0.518. The summed E-state index contributed by atoms with van der Waals surface area (Å²) in [7, 11) is 1.87. The van der Waals surface area contributed by atoms with Crippen molar-refractivity contribution in [1.29, 1.82) is 0 Å². The van der Waals surface area contributed by atoms with Gasteiger partial charge in [-0.3, -0.25) is 14.6 Å². The van der Waals surface area contributed by atoms with E-state index in [-0.39, 0.29) is 16.8 Å². The molecule has 0 aliphatic heterocycles. The van der Waals surface area contributed by atoms with E-state index in [1.807, 2.05) is 37.6 Å². The number of thioether (sulfide) groups is 1. The molecule has 140 valence electrons. The van der Waals surface area contributed by atoms with Gasteiger partial charge in [0.05, 0.1) is 10.9 Å². The van der Waals surface area contributed by atoms with Crippen LogP contribution in [0.3, 0.4) is 0 Å². The zero-order chi connectivity index (χ0) is 19.7. The van der Waals surface area contributed by atoms with E-state index < -0.39 is 0 Å². The highest BCUT2D eigenvalue weighted by atomic mass is 32.2. The van der Waals surface area contributed by atoms with Gasteiger partial charge >= 0.3 is 0 Å². The SMILES string of the molecule is CC(=O)c1c(C)[nH]c(C(=O)[C@@H](C)Sc2nnc(-c3ccncc3)n2C)c1C. The molecule has 3 rings (SSSR count). The summed E-state index contributed by atoms with van der Waals surface area (Å²) < 4.78 is 1.86. The van der Waals surface area contributed by atoms with Gasteiger partial charge in [-0.25, -0.2) is 0 Å². The van der Waals surface area contributed by atoms with Gasteiger partial charge in [0.2, 0.25) is 0 Å². The van der Waals surface area contributed by atoms with Crippen LogP contribution in [0.15, 0.2) is 29.7 Å². The number of carbonyl (C=O) groups is 2. The maximum absolute atomic E-state index is 12.9. The van der Waals surface area contributed by atoms with E-state index in [4.69, 9.17) is 0 Å². The lowest BCUT2D eigenvalue weighted by Gasteiger charge is -2.10. The molecular weight excluding hydrogens is 362 g/mol. The summed E-state index contributed by atoms with van der Waals surface area (Å²) in [6, 6.07) is 3.72. The Morgan fingerprint density at radius 3 is 2.44 bits per heavy atom. The van der Waals surface area contributed by atoms with Crippen molar-refractivity contribution in [1.82, 2.24) is 24.7 Å². The number of Topliss-reactive ketones (excluding diaryl/α,β-unsaturated/α-hetero) is 2. The van der Waals surface area contributed by atoms with E-state index in [0.29, 0.717) is 27.8 Å². The minimum atomic E-state index is -0.380. The van der Waals surface area contributed by atoms with Gasteiger partial charge in [-0.2, -0.15) is 0 Å². The second-order valence-electron chi connectivity index (χ2n) is 6.41. The van der Waals surface area contributed by atoms with Crippen molar-refractivity contribution in [3.63, 3.8) is 0 Å². The first kappa shape index (κ1) is 19.0. The fourth-order valence-corrected chi connectivity index (χ4v) is 3.98. The van der Waals surface area contributed by atoms with Crippen LogP contribution in [0.1, 0.15) is 46.0 Å². The summed E-state index contributed by atoms with van der Waals surface area (Å²) in [6.07, 6.45) is 3.40. The number of rotatable bonds is 6. The Labute approximate surface area is 161 Å². The van der Waals surface area contributed by atoms with E-state index in [1.165, 1.54) is 18.7 Å². The number of aromatic amines is 1. The van der Waals surface area contributed by atoms with Gasteiger partial charge in [-0.15, -0.1) is 10.2 Å². The first-order chi connectivity index (χ1) is 12.8. The predicted octanol–water partition coefficient (Wildman–Crippen LogP) is 3.39. The third-order valence-electron chi connectivity index (χ3n) is 4.46. The standard InChI is InChI=1S/C19H21N5O2S/c1-10-15(12(3)25)11(2)21-16(10)17(26)13(4)27-19-23-22-18(24(19)5)14-6-8-20-9-7-14/h6-9,13,21H,1-5H3/t13-/m1/s1. The summed E-state index contributed by atoms with van der Waals surface area (Å²) in [5.41, 5.74) is 3.41. The van der Waals surface area contributed by atoms with Crippen LogP contribution in [0.25, 0.3) is 11.4 Å². The Morgan fingerprint density at radius 2 is 1.85 bits per heavy atom. The lowest BCUT2D eigenvalue weighted by Crippen LogP contribution is -2.16. The number of nitrogens with one attached hydrogen (secondary N) is 1. The Hall–Kier alpha value is -2.74. The smallest absolute Gasteiger partial charge is 0.192 e. The van der Waals surface area contributed by atoms with Crippen LogP contribution in [0.2, 0.25) is 0 Å². The van der Waals surface area contributed by atoms with Crippen molar-refractivity contribution < 1.29 is 9.59 Å². The fourth-order valence-electron chi connectivity index (χ4n) is 3.11. The van der Waals surface area contributed by atoms with Crippen molar-refractivity contribution in [3.8, 4) is 11.4 Å². The van der Waals surface area contributed by atoms with E-state index in [9.17, 15) is 9.59 Å². The molecule has 0 aliphatic rings. The third-order valence-corrected chi connectivity index (χ3v) is 5.59. The van der Waals surface area contributed by atoms with Gasteiger partial charge in [0.1, 0.15) is 0 Å². The van der Waals surface area contributed by atoms with E-state index in [2.05, 4.69) is 20.2 Å². The van der Waals surface area contributed by atoms with Crippen LogP contribution >= 0.6 is 11.8 Å². The van der Waals surface area contributed by atoms with Crippen LogP contribution in [0, 0.1) is 13.8 Å². The lowest BCUT2D eigenvalue weighted by molar-refractivity contribution is 0.0988. The zero-order valence-corrected chi connectivity index (χ0v) is 16.7. The largest absolute Gasteiger partial charge is 0.355 e. The first-order valence-corrected chi connectivity index (χ1v) is 9.40. The molecule has 1 N–H and O–H groups in total. The maximum Gasteiger partial charge on any atom is 0.192 e. The molecule has 0 aromatic carbocycles. The first-order valence-electron chi connectivity index (χ1n) is 8.52. The van der Waals surface area contributed by atoms with Gasteiger partial charge < -0.3 is 9.55 Å². The Kier molecular flexibility index (Phi) is 5.27. The molecule has 0 radical (unpaired) electrons.